The van der Waals surface area contributed by atoms with Crippen LogP contribution in [0.5, 0.6) is 0 Å². The fraction of sp³-hybridized carbons (Fsp3) is 0.556. The molecule has 0 bridgehead atoms. The lowest BCUT2D eigenvalue weighted by Gasteiger charge is -2.20. The molecule has 1 amide bonds. The van der Waals surface area contributed by atoms with Crippen LogP contribution in [0.25, 0.3) is 0 Å². The van der Waals surface area contributed by atoms with Crippen molar-refractivity contribution in [2.75, 3.05) is 13.2 Å². The normalized spacial score (nSPS) is 13.9. The summed E-state index contributed by atoms with van der Waals surface area (Å²) in [5.41, 5.74) is -1.40. The van der Waals surface area contributed by atoms with E-state index in [2.05, 4.69) is 10.4 Å². The minimum atomic E-state index is -1.40. The van der Waals surface area contributed by atoms with E-state index in [4.69, 9.17) is 5.11 Å². The minimum Gasteiger partial charge on any atom is -0.393 e. The summed E-state index contributed by atoms with van der Waals surface area (Å²) in [5.74, 6) is -0.813. The first-order valence-electron chi connectivity index (χ1n) is 5.12. The van der Waals surface area contributed by atoms with E-state index in [-0.39, 0.29) is 18.9 Å². The van der Waals surface area contributed by atoms with Crippen LogP contribution in [0.1, 0.15) is 6.92 Å². The number of carbonyl (C=O) groups excluding carboxylic acids is 1. The number of nitrogens with zero attached hydrogens (tertiary/aromatic N) is 3. The zero-order valence-corrected chi connectivity index (χ0v) is 9.74. The van der Waals surface area contributed by atoms with Crippen LogP contribution in [-0.4, -0.2) is 49.6 Å². The number of rotatable bonds is 6. The van der Waals surface area contributed by atoms with Gasteiger partial charge in [-0.15, -0.1) is 0 Å². The zero-order chi connectivity index (χ0) is 13.8. The molecule has 0 aliphatic rings. The number of amides is 1. The van der Waals surface area contributed by atoms with Gasteiger partial charge in [0, 0.05) is 6.54 Å². The molecular weight excluding hydrogens is 244 g/mol. The van der Waals surface area contributed by atoms with Gasteiger partial charge < -0.3 is 25.6 Å². The average molecular weight is 258 g/mol. The molecule has 9 heteroatoms. The molecule has 18 heavy (non-hydrogen) atoms. The van der Waals surface area contributed by atoms with Gasteiger partial charge in [-0.2, -0.15) is 4.68 Å². The molecule has 1 heterocycles. The van der Waals surface area contributed by atoms with Crippen molar-refractivity contribution in [2.24, 2.45) is 0 Å². The Balaban J connectivity index is 2.47. The van der Waals surface area contributed by atoms with E-state index in [0.29, 0.717) is 0 Å². The number of nitro groups is 1. The van der Waals surface area contributed by atoms with Gasteiger partial charge in [-0.25, -0.2) is 0 Å². The van der Waals surface area contributed by atoms with Gasteiger partial charge in [0.05, 0.1) is 24.0 Å². The molecule has 9 nitrogen and oxygen atoms in total. The second-order valence-electron chi connectivity index (χ2n) is 4.06. The molecule has 0 aromatic carbocycles. The fourth-order valence-corrected chi connectivity index (χ4v) is 1.08. The van der Waals surface area contributed by atoms with Gasteiger partial charge in [-0.05, 0) is 11.8 Å². The Labute approximate surface area is 102 Å². The Bertz CT molecular complexity index is 442. The van der Waals surface area contributed by atoms with Crippen LogP contribution in [0.3, 0.4) is 0 Å². The van der Waals surface area contributed by atoms with Crippen molar-refractivity contribution in [1.82, 2.24) is 15.1 Å². The van der Waals surface area contributed by atoms with Crippen molar-refractivity contribution in [2.45, 2.75) is 19.1 Å². The van der Waals surface area contributed by atoms with Crippen molar-refractivity contribution < 1.29 is 19.9 Å². The van der Waals surface area contributed by atoms with E-state index in [0.717, 1.165) is 4.68 Å². The van der Waals surface area contributed by atoms with Gasteiger partial charge >= 0.3 is 5.82 Å². The molecule has 0 radical (unpaired) electrons. The smallest absolute Gasteiger partial charge is 0.389 e. The molecule has 0 aliphatic heterocycles. The zero-order valence-electron chi connectivity index (χ0n) is 9.74. The number of nitrogens with one attached hydrogen (secondary N) is 1. The Morgan fingerprint density at radius 1 is 1.72 bits per heavy atom. The van der Waals surface area contributed by atoms with Gasteiger partial charge in [0.25, 0.3) is 0 Å². The standard InChI is InChI=1S/C9H14N4O5/c1-9(16,6-14)5-10-8(15)4-12-3-2-7(11-12)13(17)18/h2-3,14,16H,4-6H2,1H3,(H,10,15). The maximum atomic E-state index is 11.4. The highest BCUT2D eigenvalue weighted by Crippen LogP contribution is 2.05. The summed E-state index contributed by atoms with van der Waals surface area (Å²) in [5, 5.41) is 34.5. The summed E-state index contributed by atoms with van der Waals surface area (Å²) in [6.45, 7) is 0.563. The summed E-state index contributed by atoms with van der Waals surface area (Å²) >= 11 is 0. The van der Waals surface area contributed by atoms with Crippen LogP contribution < -0.4 is 5.32 Å². The summed E-state index contributed by atoms with van der Waals surface area (Å²) < 4.78 is 1.11. The number of aliphatic hydroxyl groups is 2. The van der Waals surface area contributed by atoms with E-state index < -0.39 is 23.0 Å². The van der Waals surface area contributed by atoms with Gasteiger partial charge in [0.15, 0.2) is 0 Å². The van der Waals surface area contributed by atoms with Crippen molar-refractivity contribution in [3.05, 3.63) is 22.4 Å². The Hall–Kier alpha value is -2.00. The lowest BCUT2D eigenvalue weighted by Crippen LogP contribution is -2.44. The largest absolute Gasteiger partial charge is 0.393 e. The molecule has 0 spiro atoms. The van der Waals surface area contributed by atoms with Crippen LogP contribution in [0, 0.1) is 10.1 Å². The molecule has 3 N–H and O–H groups in total. The maximum absolute atomic E-state index is 11.4. The number of aliphatic hydroxyl groups excluding tert-OH is 1. The van der Waals surface area contributed by atoms with Gasteiger partial charge in [0.2, 0.25) is 5.91 Å². The second kappa shape index (κ2) is 5.56. The molecule has 0 saturated heterocycles. The number of hydrogen-bond donors (Lipinski definition) is 3. The van der Waals surface area contributed by atoms with Gasteiger partial charge in [0.1, 0.15) is 12.1 Å². The lowest BCUT2D eigenvalue weighted by molar-refractivity contribution is -0.389. The summed E-state index contributed by atoms with van der Waals surface area (Å²) in [7, 11) is 0. The predicted molar refractivity (Wildman–Crippen MR) is 59.6 cm³/mol. The molecule has 1 aromatic rings. The molecule has 0 saturated carbocycles. The van der Waals surface area contributed by atoms with Crippen molar-refractivity contribution in [1.29, 1.82) is 0 Å². The van der Waals surface area contributed by atoms with Gasteiger partial charge in [-0.1, -0.05) is 0 Å². The van der Waals surface area contributed by atoms with E-state index in [1.807, 2.05) is 0 Å². The van der Waals surface area contributed by atoms with Crippen LogP contribution in [0.15, 0.2) is 12.3 Å². The van der Waals surface area contributed by atoms with Crippen LogP contribution in [0.4, 0.5) is 5.82 Å². The maximum Gasteiger partial charge on any atom is 0.389 e. The molecule has 1 rings (SSSR count). The van der Waals surface area contributed by atoms with Crippen molar-refractivity contribution >= 4 is 11.7 Å². The topological polar surface area (TPSA) is 131 Å². The summed E-state index contributed by atoms with van der Waals surface area (Å²) in [6.07, 6.45) is 1.31. The molecule has 100 valence electrons. The summed E-state index contributed by atoms with van der Waals surface area (Å²) in [4.78, 5) is 21.1. The van der Waals surface area contributed by atoms with Crippen molar-refractivity contribution in [3.63, 3.8) is 0 Å². The highest BCUT2D eigenvalue weighted by molar-refractivity contribution is 5.75. The molecule has 1 atom stereocenters. The van der Waals surface area contributed by atoms with Crippen LogP contribution >= 0.6 is 0 Å². The van der Waals surface area contributed by atoms with Gasteiger partial charge in [-0.3, -0.25) is 4.79 Å². The predicted octanol–water partition coefficient (Wildman–Crippen LogP) is -1.35. The lowest BCUT2D eigenvalue weighted by atomic mass is 10.1. The number of carbonyl (C=O) groups is 1. The van der Waals surface area contributed by atoms with Crippen molar-refractivity contribution in [3.8, 4) is 0 Å². The van der Waals surface area contributed by atoms with E-state index in [9.17, 15) is 20.0 Å². The molecule has 0 aliphatic carbocycles. The quantitative estimate of drug-likeness (QED) is 0.427. The SMILES string of the molecule is CC(O)(CO)CNC(=O)Cn1ccc([N+](=O)[O-])n1. The second-order valence-corrected chi connectivity index (χ2v) is 4.06. The number of hydrogen-bond acceptors (Lipinski definition) is 6. The monoisotopic (exact) mass is 258 g/mol. The third-order valence-corrected chi connectivity index (χ3v) is 2.13. The molecule has 0 fully saturated rings. The Morgan fingerprint density at radius 3 is 2.89 bits per heavy atom. The number of aromatic nitrogens is 2. The minimum absolute atomic E-state index is 0.119. The third kappa shape index (κ3) is 4.11. The van der Waals surface area contributed by atoms with E-state index in [1.165, 1.54) is 19.2 Å². The first-order valence-corrected chi connectivity index (χ1v) is 5.12. The third-order valence-electron chi connectivity index (χ3n) is 2.13. The molecule has 1 aromatic heterocycles. The first kappa shape index (κ1) is 14.1. The van der Waals surface area contributed by atoms with E-state index >= 15 is 0 Å². The first-order chi connectivity index (χ1) is 8.34. The molecular formula is C9H14N4O5. The van der Waals surface area contributed by atoms with Crippen LogP contribution in [-0.2, 0) is 11.3 Å². The fourth-order valence-electron chi connectivity index (χ4n) is 1.08. The highest BCUT2D eigenvalue weighted by Gasteiger charge is 2.20. The van der Waals surface area contributed by atoms with Crippen LogP contribution in [0.2, 0.25) is 0 Å². The molecule has 1 unspecified atom stereocenters. The summed E-state index contributed by atoms with van der Waals surface area (Å²) in [6, 6.07) is 1.18. The Morgan fingerprint density at radius 2 is 2.39 bits per heavy atom. The average Bonchev–Trinajstić information content (AvgIpc) is 2.75. The van der Waals surface area contributed by atoms with E-state index in [1.54, 1.807) is 0 Å². The highest BCUT2D eigenvalue weighted by atomic mass is 16.6. The Kier molecular flexibility index (Phi) is 4.34.